The largest absolute Gasteiger partial charge is 0.450 e. The summed E-state index contributed by atoms with van der Waals surface area (Å²) in [7, 11) is 0. The summed E-state index contributed by atoms with van der Waals surface area (Å²) in [5, 5.41) is 5.58. The van der Waals surface area contributed by atoms with E-state index in [1.54, 1.807) is 20.8 Å². The number of thiophene rings is 1. The Kier molecular flexibility index (Phi) is 5.76. The molecule has 1 heterocycles. The second-order valence-corrected chi connectivity index (χ2v) is 6.84. The summed E-state index contributed by atoms with van der Waals surface area (Å²) in [5.74, 6) is -0.842. The molecule has 126 valence electrons. The van der Waals surface area contributed by atoms with Crippen molar-refractivity contribution in [1.29, 1.82) is 0 Å². The highest BCUT2D eigenvalue weighted by Gasteiger charge is 2.27. The lowest BCUT2D eigenvalue weighted by molar-refractivity contribution is -0.118. The first-order chi connectivity index (χ1) is 10.9. The molecular formula is C16H22N2O4S. The summed E-state index contributed by atoms with van der Waals surface area (Å²) < 4.78 is 4.76. The number of anilines is 1. The zero-order valence-corrected chi connectivity index (χ0v) is 14.5. The van der Waals surface area contributed by atoms with Gasteiger partial charge in [0.2, 0.25) is 5.91 Å². The molecule has 0 unspecified atom stereocenters. The highest BCUT2D eigenvalue weighted by molar-refractivity contribution is 7.17. The van der Waals surface area contributed by atoms with Crippen LogP contribution in [0.1, 0.15) is 54.4 Å². The SMILES string of the molecule is CCOC(=O)NC(=O)c1c(NC(=O)C(C)C)sc2c1CCCC2. The summed E-state index contributed by atoms with van der Waals surface area (Å²) in [6, 6.07) is 0. The maximum absolute atomic E-state index is 12.5. The Balaban J connectivity index is 2.31. The van der Waals surface area contributed by atoms with Crippen LogP contribution < -0.4 is 10.6 Å². The van der Waals surface area contributed by atoms with Crippen LogP contribution in [0.4, 0.5) is 9.80 Å². The fourth-order valence-corrected chi connectivity index (χ4v) is 3.76. The Morgan fingerprint density at radius 3 is 2.57 bits per heavy atom. The maximum atomic E-state index is 12.5. The van der Waals surface area contributed by atoms with E-state index in [2.05, 4.69) is 10.6 Å². The first-order valence-electron chi connectivity index (χ1n) is 7.87. The summed E-state index contributed by atoms with van der Waals surface area (Å²) in [6.07, 6.45) is 2.99. The lowest BCUT2D eigenvalue weighted by atomic mass is 9.95. The van der Waals surface area contributed by atoms with Crippen molar-refractivity contribution in [3.05, 3.63) is 16.0 Å². The number of fused-ring (bicyclic) bond motifs is 1. The highest BCUT2D eigenvalue weighted by atomic mass is 32.1. The topological polar surface area (TPSA) is 84.5 Å². The van der Waals surface area contributed by atoms with Crippen molar-refractivity contribution < 1.29 is 19.1 Å². The number of alkyl carbamates (subject to hydrolysis) is 1. The minimum Gasteiger partial charge on any atom is -0.450 e. The number of rotatable bonds is 4. The molecule has 1 aromatic heterocycles. The molecule has 1 aliphatic carbocycles. The van der Waals surface area contributed by atoms with Gasteiger partial charge >= 0.3 is 6.09 Å². The average molecular weight is 338 g/mol. The van der Waals surface area contributed by atoms with Crippen LogP contribution in [0.2, 0.25) is 0 Å². The zero-order chi connectivity index (χ0) is 17.0. The number of hydrogen-bond donors (Lipinski definition) is 2. The van der Waals surface area contributed by atoms with Crippen molar-refractivity contribution in [3.8, 4) is 0 Å². The molecule has 0 saturated heterocycles. The molecule has 0 radical (unpaired) electrons. The van der Waals surface area contributed by atoms with Gasteiger partial charge < -0.3 is 10.1 Å². The molecule has 0 saturated carbocycles. The first kappa shape index (κ1) is 17.5. The second-order valence-electron chi connectivity index (χ2n) is 5.73. The molecule has 6 nitrogen and oxygen atoms in total. The van der Waals surface area contributed by atoms with Crippen molar-refractivity contribution in [2.75, 3.05) is 11.9 Å². The van der Waals surface area contributed by atoms with Crippen LogP contribution in [-0.4, -0.2) is 24.5 Å². The third kappa shape index (κ3) is 4.10. The van der Waals surface area contributed by atoms with E-state index >= 15 is 0 Å². The molecule has 23 heavy (non-hydrogen) atoms. The molecular weight excluding hydrogens is 316 g/mol. The van der Waals surface area contributed by atoms with E-state index in [9.17, 15) is 14.4 Å². The Morgan fingerprint density at radius 1 is 1.22 bits per heavy atom. The van der Waals surface area contributed by atoms with Crippen LogP contribution in [0.15, 0.2) is 0 Å². The molecule has 7 heteroatoms. The molecule has 2 rings (SSSR count). The van der Waals surface area contributed by atoms with Gasteiger partial charge in [-0.05, 0) is 38.2 Å². The van der Waals surface area contributed by atoms with Crippen LogP contribution in [-0.2, 0) is 22.4 Å². The second kappa shape index (κ2) is 7.59. The minimum absolute atomic E-state index is 0.145. The maximum Gasteiger partial charge on any atom is 0.414 e. The average Bonchev–Trinajstić information content (AvgIpc) is 2.84. The molecule has 1 aromatic rings. The smallest absolute Gasteiger partial charge is 0.414 e. The van der Waals surface area contributed by atoms with Gasteiger partial charge in [0.1, 0.15) is 5.00 Å². The van der Waals surface area contributed by atoms with E-state index in [0.717, 1.165) is 36.1 Å². The predicted molar refractivity (Wildman–Crippen MR) is 88.9 cm³/mol. The summed E-state index contributed by atoms with van der Waals surface area (Å²) >= 11 is 1.43. The van der Waals surface area contributed by atoms with Gasteiger partial charge in [0.25, 0.3) is 5.91 Å². The van der Waals surface area contributed by atoms with E-state index in [-0.39, 0.29) is 18.4 Å². The molecule has 0 spiro atoms. The van der Waals surface area contributed by atoms with Crippen LogP contribution in [0, 0.1) is 5.92 Å². The number of hydrogen-bond acceptors (Lipinski definition) is 5. The molecule has 0 fully saturated rings. The van der Waals surface area contributed by atoms with Gasteiger partial charge in [-0.15, -0.1) is 11.3 Å². The highest BCUT2D eigenvalue weighted by Crippen LogP contribution is 2.38. The van der Waals surface area contributed by atoms with Gasteiger partial charge in [-0.1, -0.05) is 13.8 Å². The molecule has 2 N–H and O–H groups in total. The van der Waals surface area contributed by atoms with Crippen LogP contribution >= 0.6 is 11.3 Å². The number of aryl methyl sites for hydroxylation is 1. The molecule has 1 aliphatic rings. The third-order valence-corrected chi connectivity index (χ3v) is 4.86. The number of ether oxygens (including phenoxy) is 1. The standard InChI is InChI=1S/C16H22N2O4S/c1-4-22-16(21)18-14(20)12-10-7-5-6-8-11(10)23-15(12)17-13(19)9(2)3/h9H,4-8H2,1-3H3,(H,17,19)(H,18,20,21). The van der Waals surface area contributed by atoms with Crippen LogP contribution in [0.25, 0.3) is 0 Å². The van der Waals surface area contributed by atoms with E-state index in [4.69, 9.17) is 4.74 Å². The summed E-state index contributed by atoms with van der Waals surface area (Å²) in [5.41, 5.74) is 1.36. The van der Waals surface area contributed by atoms with Gasteiger partial charge in [0.05, 0.1) is 12.2 Å². The molecule has 0 aliphatic heterocycles. The van der Waals surface area contributed by atoms with E-state index in [0.29, 0.717) is 10.6 Å². The zero-order valence-electron chi connectivity index (χ0n) is 13.7. The van der Waals surface area contributed by atoms with Gasteiger partial charge in [-0.3, -0.25) is 14.9 Å². The summed E-state index contributed by atoms with van der Waals surface area (Å²) in [6.45, 7) is 5.45. The quantitative estimate of drug-likeness (QED) is 0.883. The Hall–Kier alpha value is -1.89. The lowest BCUT2D eigenvalue weighted by Gasteiger charge is -2.13. The minimum atomic E-state index is -0.769. The normalized spacial score (nSPS) is 13.4. The van der Waals surface area contributed by atoms with Crippen LogP contribution in [0.5, 0.6) is 0 Å². The van der Waals surface area contributed by atoms with Crippen molar-refractivity contribution in [3.63, 3.8) is 0 Å². The van der Waals surface area contributed by atoms with Crippen LogP contribution in [0.3, 0.4) is 0 Å². The third-order valence-electron chi connectivity index (χ3n) is 3.65. The molecule has 0 bridgehead atoms. The predicted octanol–water partition coefficient (Wildman–Crippen LogP) is 3.11. The number of imide groups is 1. The number of amides is 3. The first-order valence-corrected chi connectivity index (χ1v) is 8.69. The lowest BCUT2D eigenvalue weighted by Crippen LogP contribution is -2.32. The Morgan fingerprint density at radius 2 is 1.91 bits per heavy atom. The molecule has 3 amide bonds. The Labute approximate surface area is 139 Å². The van der Waals surface area contributed by atoms with Crippen molar-refractivity contribution >= 4 is 34.2 Å². The number of carbonyl (C=O) groups is 3. The van der Waals surface area contributed by atoms with Gasteiger partial charge in [-0.25, -0.2) is 4.79 Å². The van der Waals surface area contributed by atoms with Gasteiger partial charge in [0, 0.05) is 10.8 Å². The fourth-order valence-electron chi connectivity index (χ4n) is 2.47. The number of nitrogens with one attached hydrogen (secondary N) is 2. The van der Waals surface area contributed by atoms with E-state index < -0.39 is 12.0 Å². The monoisotopic (exact) mass is 338 g/mol. The van der Waals surface area contributed by atoms with E-state index in [1.165, 1.54) is 11.3 Å². The van der Waals surface area contributed by atoms with Crippen molar-refractivity contribution in [2.45, 2.75) is 46.5 Å². The van der Waals surface area contributed by atoms with Crippen molar-refractivity contribution in [2.24, 2.45) is 5.92 Å². The summed E-state index contributed by atoms with van der Waals surface area (Å²) in [4.78, 5) is 37.1. The van der Waals surface area contributed by atoms with Gasteiger partial charge in [0.15, 0.2) is 0 Å². The molecule has 0 aromatic carbocycles. The van der Waals surface area contributed by atoms with Crippen molar-refractivity contribution in [1.82, 2.24) is 5.32 Å². The van der Waals surface area contributed by atoms with E-state index in [1.807, 2.05) is 0 Å². The molecule has 0 atom stereocenters. The number of carbonyl (C=O) groups excluding carboxylic acids is 3. The fraction of sp³-hybridized carbons (Fsp3) is 0.562. The van der Waals surface area contributed by atoms with Gasteiger partial charge in [-0.2, -0.15) is 0 Å². The Bertz CT molecular complexity index is 622.